The first-order chi connectivity index (χ1) is 9.83. The van der Waals surface area contributed by atoms with Crippen molar-refractivity contribution in [3.8, 4) is 0 Å². The number of benzene rings is 1. The van der Waals surface area contributed by atoms with Gasteiger partial charge in [-0.2, -0.15) is 11.8 Å². The summed E-state index contributed by atoms with van der Waals surface area (Å²) < 4.78 is 1.24. The molecule has 1 saturated heterocycles. The molecule has 0 amide bonds. The highest BCUT2D eigenvalue weighted by molar-refractivity contribution is 9.10. The van der Waals surface area contributed by atoms with Gasteiger partial charge in [-0.15, -0.1) is 0 Å². The zero-order chi connectivity index (χ0) is 15.5. The first-order valence-corrected chi connectivity index (χ1v) is 9.54. The smallest absolute Gasteiger partial charge is 0.0245 e. The summed E-state index contributed by atoms with van der Waals surface area (Å²) in [6.07, 6.45) is 0. The third-order valence-corrected chi connectivity index (χ3v) is 5.53. The lowest BCUT2D eigenvalue weighted by Gasteiger charge is -2.30. The second kappa shape index (κ2) is 7.49. The van der Waals surface area contributed by atoms with Crippen LogP contribution in [0.4, 0.5) is 0 Å². The van der Waals surface area contributed by atoms with Crippen LogP contribution >= 0.6 is 27.7 Å². The number of hydrogen-bond donors (Lipinski definition) is 1. The Morgan fingerprint density at radius 2 is 2.14 bits per heavy atom. The van der Waals surface area contributed by atoms with Crippen molar-refractivity contribution >= 4 is 27.7 Å². The number of nitrogens with zero attached hydrogens (tertiary/aromatic N) is 1. The largest absolute Gasteiger partial charge is 0.308 e. The summed E-state index contributed by atoms with van der Waals surface area (Å²) >= 11 is 5.84. The van der Waals surface area contributed by atoms with E-state index >= 15 is 0 Å². The predicted octanol–water partition coefficient (Wildman–Crippen LogP) is 4.27. The molecule has 1 unspecified atom stereocenters. The van der Waals surface area contributed by atoms with Gasteiger partial charge in [0.15, 0.2) is 0 Å². The molecule has 118 valence electrons. The zero-order valence-electron chi connectivity index (χ0n) is 13.6. The van der Waals surface area contributed by atoms with Crippen molar-refractivity contribution in [2.24, 2.45) is 0 Å². The third-order valence-electron chi connectivity index (χ3n) is 3.66. The van der Waals surface area contributed by atoms with E-state index in [1.807, 2.05) is 0 Å². The van der Waals surface area contributed by atoms with Gasteiger partial charge in [0.25, 0.3) is 0 Å². The van der Waals surface area contributed by atoms with E-state index in [9.17, 15) is 0 Å². The Bertz CT molecular complexity index is 470. The maximum absolute atomic E-state index is 3.75. The Morgan fingerprint density at radius 1 is 1.38 bits per heavy atom. The van der Waals surface area contributed by atoms with E-state index in [0.29, 0.717) is 0 Å². The molecule has 0 saturated carbocycles. The minimum Gasteiger partial charge on any atom is -0.308 e. The van der Waals surface area contributed by atoms with Crippen LogP contribution in [0, 0.1) is 0 Å². The van der Waals surface area contributed by atoms with Crippen LogP contribution in [0.25, 0.3) is 0 Å². The Labute approximate surface area is 142 Å². The van der Waals surface area contributed by atoms with Gasteiger partial charge in [0, 0.05) is 47.2 Å². The van der Waals surface area contributed by atoms with Crippen LogP contribution in [0.1, 0.15) is 38.8 Å². The fourth-order valence-electron chi connectivity index (χ4n) is 2.47. The van der Waals surface area contributed by atoms with E-state index in [0.717, 1.165) is 18.3 Å². The highest BCUT2D eigenvalue weighted by Crippen LogP contribution is 2.24. The number of halogens is 1. The molecule has 2 rings (SSSR count). The van der Waals surface area contributed by atoms with E-state index in [1.165, 1.54) is 34.4 Å². The molecule has 1 aliphatic rings. The average Bonchev–Trinajstić information content (AvgIpc) is 2.38. The van der Waals surface area contributed by atoms with Crippen LogP contribution in [0.15, 0.2) is 22.7 Å². The Kier molecular flexibility index (Phi) is 6.18. The van der Waals surface area contributed by atoms with Gasteiger partial charge in [-0.05, 0) is 38.0 Å². The molecule has 1 heterocycles. The molecule has 0 aromatic heterocycles. The number of nitrogens with one attached hydrogen (secondary N) is 1. The molecule has 4 heteroatoms. The minimum absolute atomic E-state index is 0.159. The molecule has 0 spiro atoms. The van der Waals surface area contributed by atoms with Crippen molar-refractivity contribution in [2.45, 2.75) is 51.6 Å². The van der Waals surface area contributed by atoms with Gasteiger partial charge in [0.1, 0.15) is 0 Å². The summed E-state index contributed by atoms with van der Waals surface area (Å²) in [6.45, 7) is 13.3. The van der Waals surface area contributed by atoms with Crippen molar-refractivity contribution in [3.63, 3.8) is 0 Å². The summed E-state index contributed by atoms with van der Waals surface area (Å²) in [4.78, 5) is 2.56. The van der Waals surface area contributed by atoms with Crippen molar-refractivity contribution in [3.05, 3.63) is 33.8 Å². The van der Waals surface area contributed by atoms with Crippen LogP contribution in [0.2, 0.25) is 0 Å². The summed E-state index contributed by atoms with van der Waals surface area (Å²) in [5.41, 5.74) is 2.89. The van der Waals surface area contributed by atoms with Crippen LogP contribution < -0.4 is 5.32 Å². The van der Waals surface area contributed by atoms with Crippen molar-refractivity contribution in [2.75, 3.05) is 18.8 Å². The fraction of sp³-hybridized carbons (Fsp3) is 0.647. The van der Waals surface area contributed by atoms with E-state index < -0.39 is 0 Å². The topological polar surface area (TPSA) is 15.3 Å². The first-order valence-electron chi connectivity index (χ1n) is 7.70. The van der Waals surface area contributed by atoms with Crippen molar-refractivity contribution in [1.82, 2.24) is 10.2 Å². The second-order valence-electron chi connectivity index (χ2n) is 6.95. The lowest BCUT2D eigenvalue weighted by molar-refractivity contribution is 0.278. The van der Waals surface area contributed by atoms with Gasteiger partial charge in [-0.1, -0.05) is 35.0 Å². The molecule has 21 heavy (non-hydrogen) atoms. The molecule has 0 aliphatic carbocycles. The van der Waals surface area contributed by atoms with Crippen LogP contribution in [0.3, 0.4) is 0 Å². The van der Waals surface area contributed by atoms with E-state index in [-0.39, 0.29) is 5.54 Å². The highest BCUT2D eigenvalue weighted by Gasteiger charge is 2.17. The number of rotatable bonds is 4. The summed E-state index contributed by atoms with van der Waals surface area (Å²) in [5.74, 6) is 1.26. The Morgan fingerprint density at radius 3 is 2.76 bits per heavy atom. The molecule has 1 N–H and O–H groups in total. The second-order valence-corrected chi connectivity index (χ2v) is 9.35. The predicted molar refractivity (Wildman–Crippen MR) is 97.9 cm³/mol. The summed E-state index contributed by atoms with van der Waals surface area (Å²) in [6, 6.07) is 6.79. The molecule has 0 bridgehead atoms. The van der Waals surface area contributed by atoms with Gasteiger partial charge in [-0.25, -0.2) is 0 Å². The molecule has 2 nitrogen and oxygen atoms in total. The zero-order valence-corrected chi connectivity index (χ0v) is 16.0. The normalized spacial score (nSPS) is 20.7. The lowest BCUT2D eigenvalue weighted by Crippen LogP contribution is -2.36. The van der Waals surface area contributed by atoms with Gasteiger partial charge >= 0.3 is 0 Å². The van der Waals surface area contributed by atoms with E-state index in [2.05, 4.69) is 83.8 Å². The third kappa shape index (κ3) is 5.93. The molecule has 1 aromatic rings. The van der Waals surface area contributed by atoms with Crippen LogP contribution in [-0.4, -0.2) is 34.5 Å². The quantitative estimate of drug-likeness (QED) is 0.851. The van der Waals surface area contributed by atoms with Crippen molar-refractivity contribution < 1.29 is 0 Å². The lowest BCUT2D eigenvalue weighted by atomic mass is 10.1. The van der Waals surface area contributed by atoms with E-state index in [4.69, 9.17) is 0 Å². The van der Waals surface area contributed by atoms with Crippen LogP contribution in [-0.2, 0) is 13.1 Å². The molecular weight excluding hydrogens is 344 g/mol. The summed E-state index contributed by atoms with van der Waals surface area (Å²) in [5, 5.41) is 4.30. The molecule has 1 aromatic carbocycles. The number of hydrogen-bond acceptors (Lipinski definition) is 3. The highest BCUT2D eigenvalue weighted by atomic mass is 79.9. The molecule has 1 atom stereocenters. The van der Waals surface area contributed by atoms with E-state index in [1.54, 1.807) is 0 Å². The standard InChI is InChI=1S/C17H27BrN2S/c1-13-11-20(7-8-21-13)12-15-6-5-14(9-16(15)18)10-19-17(2,3)4/h5-6,9,13,19H,7-8,10-12H2,1-4H3. The maximum Gasteiger partial charge on any atom is 0.0245 e. The molecule has 1 fully saturated rings. The molecular formula is C17H27BrN2S. The van der Waals surface area contributed by atoms with Gasteiger partial charge in [0.05, 0.1) is 0 Å². The van der Waals surface area contributed by atoms with Crippen LogP contribution in [0.5, 0.6) is 0 Å². The SMILES string of the molecule is CC1CN(Cc2ccc(CNC(C)(C)C)cc2Br)CCS1. The Hall–Kier alpha value is -0.0300. The monoisotopic (exact) mass is 370 g/mol. The van der Waals surface area contributed by atoms with Gasteiger partial charge in [0.2, 0.25) is 0 Å². The first kappa shape index (κ1) is 17.3. The van der Waals surface area contributed by atoms with Crippen molar-refractivity contribution in [1.29, 1.82) is 0 Å². The van der Waals surface area contributed by atoms with Gasteiger partial charge < -0.3 is 5.32 Å². The van der Waals surface area contributed by atoms with Gasteiger partial charge in [-0.3, -0.25) is 4.90 Å². The Balaban J connectivity index is 1.95. The maximum atomic E-state index is 3.75. The summed E-state index contributed by atoms with van der Waals surface area (Å²) in [7, 11) is 0. The number of thioether (sulfide) groups is 1. The molecule has 1 aliphatic heterocycles. The minimum atomic E-state index is 0.159. The molecule has 0 radical (unpaired) electrons. The average molecular weight is 371 g/mol. The fourth-order valence-corrected chi connectivity index (χ4v) is 4.11.